The zero-order valence-corrected chi connectivity index (χ0v) is 25.3. The van der Waals surface area contributed by atoms with Crippen molar-refractivity contribution in [3.05, 3.63) is 119 Å². The van der Waals surface area contributed by atoms with Gasteiger partial charge in [-0.3, -0.25) is 14.4 Å². The van der Waals surface area contributed by atoms with Gasteiger partial charge in [0.1, 0.15) is 17.2 Å². The van der Waals surface area contributed by atoms with Gasteiger partial charge in [-0.05, 0) is 61.0 Å². The Labute approximate surface area is 259 Å². The van der Waals surface area contributed by atoms with E-state index in [1.54, 1.807) is 118 Å². The summed E-state index contributed by atoms with van der Waals surface area (Å²) in [5, 5.41) is 8.42. The average molecular weight is 616 g/mol. The third kappa shape index (κ3) is 8.88. The van der Waals surface area contributed by atoms with Crippen LogP contribution in [0, 0.1) is 0 Å². The molecule has 0 saturated carbocycles. The maximum Gasteiger partial charge on any atom is 0.272 e. The summed E-state index contributed by atoms with van der Waals surface area (Å²) in [6.07, 6.45) is 1.53. The Balaban J connectivity index is 1.43. The van der Waals surface area contributed by atoms with Gasteiger partial charge in [0.15, 0.2) is 0 Å². The van der Waals surface area contributed by atoms with Crippen LogP contribution in [-0.2, 0) is 9.59 Å². The second kappa shape index (κ2) is 14.9. The quantitative estimate of drug-likeness (QED) is 0.125. The van der Waals surface area contributed by atoms with Gasteiger partial charge in [-0.15, -0.1) is 11.8 Å². The number of methoxy groups -OCH3 is 2. The minimum atomic E-state index is -0.522. The second-order valence-electron chi connectivity index (χ2n) is 9.23. The van der Waals surface area contributed by atoms with Crippen molar-refractivity contribution in [2.45, 2.75) is 17.1 Å². The third-order valence-electron chi connectivity index (χ3n) is 6.15. The zero-order chi connectivity index (χ0) is 30.8. The molecule has 8 nitrogen and oxygen atoms in total. The number of rotatable bonds is 11. The smallest absolute Gasteiger partial charge is 0.272 e. The fourth-order valence-corrected chi connectivity index (χ4v) is 4.94. The van der Waals surface area contributed by atoms with E-state index in [-0.39, 0.29) is 11.6 Å². The van der Waals surface area contributed by atoms with Gasteiger partial charge in [0.05, 0.1) is 19.5 Å². The van der Waals surface area contributed by atoms with Crippen molar-refractivity contribution >= 4 is 58.5 Å². The predicted octanol–water partition coefficient (Wildman–Crippen LogP) is 6.89. The lowest BCUT2D eigenvalue weighted by Gasteiger charge is -2.14. The summed E-state index contributed by atoms with van der Waals surface area (Å²) in [5.74, 6) is -0.0121. The number of hydrogen-bond acceptors (Lipinski definition) is 6. The molecule has 0 bridgehead atoms. The highest BCUT2D eigenvalue weighted by molar-refractivity contribution is 8.00. The summed E-state index contributed by atoms with van der Waals surface area (Å²) < 4.78 is 10.5. The van der Waals surface area contributed by atoms with Gasteiger partial charge in [-0.2, -0.15) is 0 Å². The molecule has 1 unspecified atom stereocenters. The van der Waals surface area contributed by atoms with Crippen molar-refractivity contribution in [3.8, 4) is 11.5 Å². The van der Waals surface area contributed by atoms with Crippen molar-refractivity contribution < 1.29 is 23.9 Å². The summed E-state index contributed by atoms with van der Waals surface area (Å²) in [7, 11) is 3.09. The standard InChI is InChI=1S/C33H30ClN3O5S/c1-21(31(38)36-25-18-26(41-2)20-27(19-25)42-3)43-28-15-13-24(14-16-28)35-33(40)30(17-23-11-7-8-12-29(23)34)37-32(39)22-9-5-4-6-10-22/h4-21H,1-3H3,(H,35,40)(H,36,38)(H,37,39)/b30-17-. The first kappa shape index (κ1) is 31.2. The lowest BCUT2D eigenvalue weighted by atomic mass is 10.1. The number of anilines is 2. The van der Waals surface area contributed by atoms with Gasteiger partial charge in [0.25, 0.3) is 11.8 Å². The Morgan fingerprint density at radius 2 is 1.42 bits per heavy atom. The van der Waals surface area contributed by atoms with Crippen LogP contribution in [0.5, 0.6) is 11.5 Å². The molecule has 0 aliphatic carbocycles. The molecular formula is C33H30ClN3O5S. The van der Waals surface area contributed by atoms with Gasteiger partial charge < -0.3 is 25.4 Å². The highest BCUT2D eigenvalue weighted by atomic mass is 35.5. The Morgan fingerprint density at radius 3 is 2.05 bits per heavy atom. The first-order valence-electron chi connectivity index (χ1n) is 13.2. The van der Waals surface area contributed by atoms with Crippen LogP contribution in [-0.4, -0.2) is 37.2 Å². The first-order valence-corrected chi connectivity index (χ1v) is 14.5. The van der Waals surface area contributed by atoms with Crippen molar-refractivity contribution in [1.29, 1.82) is 0 Å². The molecule has 4 aromatic rings. The minimum absolute atomic E-state index is 0.0277. The molecule has 10 heteroatoms. The van der Waals surface area contributed by atoms with Crippen LogP contribution in [0.25, 0.3) is 6.08 Å². The fourth-order valence-electron chi connectivity index (χ4n) is 3.89. The van der Waals surface area contributed by atoms with E-state index in [1.165, 1.54) is 17.8 Å². The number of hydrogen-bond donors (Lipinski definition) is 3. The molecule has 0 radical (unpaired) electrons. The number of halogens is 1. The van der Waals surface area contributed by atoms with Crippen LogP contribution in [0.2, 0.25) is 5.02 Å². The summed E-state index contributed by atoms with van der Waals surface area (Å²) in [4.78, 5) is 39.8. The molecule has 0 saturated heterocycles. The monoisotopic (exact) mass is 615 g/mol. The topological polar surface area (TPSA) is 106 Å². The van der Waals surface area contributed by atoms with Crippen LogP contribution in [0.1, 0.15) is 22.8 Å². The predicted molar refractivity (Wildman–Crippen MR) is 172 cm³/mol. The molecule has 3 N–H and O–H groups in total. The van der Waals surface area contributed by atoms with Gasteiger partial charge in [-0.1, -0.05) is 48.0 Å². The SMILES string of the molecule is COc1cc(NC(=O)C(C)Sc2ccc(NC(=O)/C(=C/c3ccccc3Cl)NC(=O)c3ccccc3)cc2)cc(OC)c1. The summed E-state index contributed by atoms with van der Waals surface area (Å²) in [6.45, 7) is 1.80. The molecule has 43 heavy (non-hydrogen) atoms. The summed E-state index contributed by atoms with van der Waals surface area (Å²) in [5.41, 5.74) is 2.08. The average Bonchev–Trinajstić information content (AvgIpc) is 3.02. The Morgan fingerprint density at radius 1 is 0.791 bits per heavy atom. The zero-order valence-electron chi connectivity index (χ0n) is 23.7. The first-order chi connectivity index (χ1) is 20.7. The van der Waals surface area contributed by atoms with Crippen LogP contribution >= 0.6 is 23.4 Å². The number of nitrogens with one attached hydrogen (secondary N) is 3. The number of amides is 3. The molecule has 0 aliphatic heterocycles. The molecule has 4 rings (SSSR count). The molecule has 4 aromatic carbocycles. The maximum absolute atomic E-state index is 13.3. The van der Waals surface area contributed by atoms with Gasteiger partial charge >= 0.3 is 0 Å². The van der Waals surface area contributed by atoms with Crippen LogP contribution in [0.4, 0.5) is 11.4 Å². The van der Waals surface area contributed by atoms with E-state index in [1.807, 2.05) is 0 Å². The molecule has 0 aliphatic rings. The molecular weight excluding hydrogens is 586 g/mol. The summed E-state index contributed by atoms with van der Waals surface area (Å²) in [6, 6.07) is 27.8. The second-order valence-corrected chi connectivity index (χ2v) is 11.1. The number of carbonyl (C=O) groups excluding carboxylic acids is 3. The Kier molecular flexibility index (Phi) is 10.9. The molecule has 0 heterocycles. The van der Waals surface area contributed by atoms with E-state index >= 15 is 0 Å². The number of ether oxygens (including phenoxy) is 2. The highest BCUT2D eigenvalue weighted by Crippen LogP contribution is 2.29. The van der Waals surface area contributed by atoms with Crippen LogP contribution in [0.15, 0.2) is 108 Å². The molecule has 0 spiro atoms. The molecule has 0 fully saturated rings. The Bertz CT molecular complexity index is 1610. The van der Waals surface area contributed by atoms with E-state index in [2.05, 4.69) is 16.0 Å². The van der Waals surface area contributed by atoms with Crippen molar-refractivity contribution in [2.75, 3.05) is 24.9 Å². The number of thioether (sulfide) groups is 1. The molecule has 0 aromatic heterocycles. The normalized spacial score (nSPS) is 11.7. The molecule has 1 atom stereocenters. The highest BCUT2D eigenvalue weighted by Gasteiger charge is 2.18. The van der Waals surface area contributed by atoms with Crippen molar-refractivity contribution in [1.82, 2.24) is 5.32 Å². The van der Waals surface area contributed by atoms with Crippen molar-refractivity contribution in [2.24, 2.45) is 0 Å². The lowest BCUT2D eigenvalue weighted by molar-refractivity contribution is -0.115. The fraction of sp³-hybridized carbons (Fsp3) is 0.121. The van der Waals surface area contributed by atoms with Crippen molar-refractivity contribution in [3.63, 3.8) is 0 Å². The van der Waals surface area contributed by atoms with E-state index in [0.717, 1.165) is 4.90 Å². The maximum atomic E-state index is 13.3. The van der Waals surface area contributed by atoms with E-state index < -0.39 is 17.1 Å². The van der Waals surface area contributed by atoms with Crippen LogP contribution < -0.4 is 25.4 Å². The third-order valence-corrected chi connectivity index (χ3v) is 7.60. The van der Waals surface area contributed by atoms with Gasteiger partial charge in [-0.25, -0.2) is 0 Å². The largest absolute Gasteiger partial charge is 0.497 e. The minimum Gasteiger partial charge on any atom is -0.497 e. The summed E-state index contributed by atoms with van der Waals surface area (Å²) >= 11 is 7.67. The van der Waals surface area contributed by atoms with E-state index in [0.29, 0.717) is 39.0 Å². The molecule has 3 amide bonds. The van der Waals surface area contributed by atoms with Gasteiger partial charge in [0.2, 0.25) is 5.91 Å². The van der Waals surface area contributed by atoms with Gasteiger partial charge in [0, 0.05) is 45.1 Å². The number of carbonyl (C=O) groups is 3. The number of benzene rings is 4. The van der Waals surface area contributed by atoms with E-state index in [9.17, 15) is 14.4 Å². The Hall–Kier alpha value is -4.73. The van der Waals surface area contributed by atoms with Crippen LogP contribution in [0.3, 0.4) is 0 Å². The lowest BCUT2D eigenvalue weighted by Crippen LogP contribution is -2.30. The van der Waals surface area contributed by atoms with E-state index in [4.69, 9.17) is 21.1 Å². The molecule has 220 valence electrons.